The number of nitrogens with zero attached hydrogens (tertiary/aromatic N) is 1. The van der Waals surface area contributed by atoms with E-state index in [9.17, 15) is 14.7 Å². The maximum absolute atomic E-state index is 14.0. The summed E-state index contributed by atoms with van der Waals surface area (Å²) in [5.74, 6) is -0.577. The summed E-state index contributed by atoms with van der Waals surface area (Å²) in [5, 5.41) is 16.9. The van der Waals surface area contributed by atoms with Crippen molar-refractivity contribution in [3.63, 3.8) is 0 Å². The van der Waals surface area contributed by atoms with Crippen LogP contribution < -0.4 is 5.32 Å². The molecule has 1 saturated heterocycles. The van der Waals surface area contributed by atoms with E-state index in [1.54, 1.807) is 0 Å². The van der Waals surface area contributed by atoms with E-state index in [1.807, 2.05) is 29.2 Å². The maximum Gasteiger partial charge on any atom is 0.407 e. The number of amides is 2. The van der Waals surface area contributed by atoms with Crippen LogP contribution in [0, 0.1) is 0 Å². The fourth-order valence-electron chi connectivity index (χ4n) is 5.55. The molecule has 2 amide bonds. The molecule has 1 saturated carbocycles. The van der Waals surface area contributed by atoms with Crippen LogP contribution in [0.15, 0.2) is 42.5 Å². The van der Waals surface area contributed by atoms with Crippen molar-refractivity contribution in [1.29, 1.82) is 0 Å². The summed E-state index contributed by atoms with van der Waals surface area (Å²) >= 11 is 0. The van der Waals surface area contributed by atoms with Crippen molar-refractivity contribution < 1.29 is 19.4 Å². The predicted molar refractivity (Wildman–Crippen MR) is 134 cm³/mol. The van der Waals surface area contributed by atoms with Crippen molar-refractivity contribution >= 4 is 22.8 Å². The van der Waals surface area contributed by atoms with Gasteiger partial charge in [-0.2, -0.15) is 0 Å². The quantitative estimate of drug-likeness (QED) is 0.554. The molecule has 1 aliphatic carbocycles. The van der Waals surface area contributed by atoms with Gasteiger partial charge in [0.15, 0.2) is 0 Å². The molecule has 0 radical (unpaired) electrons. The van der Waals surface area contributed by atoms with Gasteiger partial charge in [0.2, 0.25) is 5.91 Å². The smallest absolute Gasteiger partial charge is 0.407 e. The minimum atomic E-state index is -1.03. The number of hydrogen-bond acceptors (Lipinski definition) is 4. The minimum Gasteiger partial charge on any atom is -0.450 e. The van der Waals surface area contributed by atoms with Crippen molar-refractivity contribution in [3.05, 3.63) is 48.0 Å². The van der Waals surface area contributed by atoms with Crippen LogP contribution in [0.5, 0.6) is 0 Å². The Morgan fingerprint density at radius 3 is 2.53 bits per heavy atom. The number of hydrogen-bond donors (Lipinski definition) is 2. The summed E-state index contributed by atoms with van der Waals surface area (Å²) in [7, 11) is 0. The molecule has 6 heteroatoms. The molecule has 2 aliphatic rings. The third kappa shape index (κ3) is 5.54. The Kier molecular flexibility index (Phi) is 8.09. The Morgan fingerprint density at radius 2 is 1.79 bits per heavy atom. The van der Waals surface area contributed by atoms with E-state index >= 15 is 0 Å². The van der Waals surface area contributed by atoms with Gasteiger partial charge in [0, 0.05) is 19.1 Å². The van der Waals surface area contributed by atoms with Crippen LogP contribution in [-0.4, -0.2) is 53.3 Å². The molecule has 4 rings (SSSR count). The van der Waals surface area contributed by atoms with Gasteiger partial charge in [-0.3, -0.25) is 4.79 Å². The molecule has 1 atom stereocenters. The number of nitrogens with one attached hydrogen (secondary N) is 1. The molecule has 2 fully saturated rings. The zero-order chi connectivity index (χ0) is 24.0. The van der Waals surface area contributed by atoms with Gasteiger partial charge in [0.25, 0.3) is 0 Å². The minimum absolute atomic E-state index is 0.00438. The van der Waals surface area contributed by atoms with Crippen LogP contribution in [0.2, 0.25) is 0 Å². The van der Waals surface area contributed by atoms with Gasteiger partial charge in [0.1, 0.15) is 0 Å². The molecule has 184 valence electrons. The Morgan fingerprint density at radius 1 is 1.09 bits per heavy atom. The Labute approximate surface area is 202 Å². The number of alkyl carbamates (subject to hydrolysis) is 1. The molecule has 0 aromatic heterocycles. The molecule has 2 aromatic carbocycles. The van der Waals surface area contributed by atoms with E-state index in [4.69, 9.17) is 4.74 Å². The highest BCUT2D eigenvalue weighted by atomic mass is 16.5. The predicted octanol–water partition coefficient (Wildman–Crippen LogP) is 5.14. The first-order valence-corrected chi connectivity index (χ1v) is 12.9. The molecule has 1 heterocycles. The first kappa shape index (κ1) is 24.5. The molecule has 1 aliphatic heterocycles. The molecular weight excluding hydrogens is 428 g/mol. The van der Waals surface area contributed by atoms with Gasteiger partial charge >= 0.3 is 6.09 Å². The standard InChI is InChI=1S/C28H38N2O4/c1-2-3-20-34-27(32)29-22-14-18-30(19-15-22)26(31)25(28(33)16-7-4-8-17-28)24-13-9-11-21-10-5-6-12-23(21)24/h5-6,9-13,22,25,33H,2-4,7-8,14-20H2,1H3,(H,29,32). The first-order valence-electron chi connectivity index (χ1n) is 12.9. The molecular formula is C28H38N2O4. The van der Waals surface area contributed by atoms with Crippen LogP contribution in [0.3, 0.4) is 0 Å². The van der Waals surface area contributed by atoms with Crippen LogP contribution in [0.25, 0.3) is 10.8 Å². The van der Waals surface area contributed by atoms with Gasteiger partial charge in [-0.15, -0.1) is 0 Å². The van der Waals surface area contributed by atoms with Crippen LogP contribution in [0.1, 0.15) is 76.2 Å². The van der Waals surface area contributed by atoms with Crippen molar-refractivity contribution in [1.82, 2.24) is 10.2 Å². The summed E-state index contributed by atoms with van der Waals surface area (Å²) < 4.78 is 5.23. The average Bonchev–Trinajstić information content (AvgIpc) is 2.85. The summed E-state index contributed by atoms with van der Waals surface area (Å²) in [6.45, 7) is 3.63. The SMILES string of the molecule is CCCCOC(=O)NC1CCN(C(=O)C(c2cccc3ccccc23)C2(O)CCCCC2)CC1. The summed E-state index contributed by atoms with van der Waals surface area (Å²) in [5.41, 5.74) is -0.107. The highest BCUT2D eigenvalue weighted by Gasteiger charge is 2.45. The van der Waals surface area contributed by atoms with Gasteiger partial charge in [-0.05, 0) is 48.4 Å². The zero-order valence-corrected chi connectivity index (χ0v) is 20.3. The van der Waals surface area contributed by atoms with E-state index in [1.165, 1.54) is 0 Å². The van der Waals surface area contributed by atoms with Crippen molar-refractivity contribution in [2.24, 2.45) is 0 Å². The Bertz CT molecular complexity index is 972. The number of unbranched alkanes of at least 4 members (excludes halogenated alkanes) is 1. The second-order valence-corrected chi connectivity index (χ2v) is 9.90. The lowest BCUT2D eigenvalue weighted by atomic mass is 9.71. The van der Waals surface area contributed by atoms with Crippen LogP contribution >= 0.6 is 0 Å². The van der Waals surface area contributed by atoms with Gasteiger partial charge in [-0.25, -0.2) is 4.79 Å². The molecule has 2 N–H and O–H groups in total. The fraction of sp³-hybridized carbons (Fsp3) is 0.571. The third-order valence-electron chi connectivity index (χ3n) is 7.50. The zero-order valence-electron chi connectivity index (χ0n) is 20.3. The van der Waals surface area contributed by atoms with E-state index in [-0.39, 0.29) is 18.0 Å². The molecule has 0 bridgehead atoms. The number of fused-ring (bicyclic) bond motifs is 1. The number of carbonyl (C=O) groups excluding carboxylic acids is 2. The Hall–Kier alpha value is -2.60. The largest absolute Gasteiger partial charge is 0.450 e. The molecule has 6 nitrogen and oxygen atoms in total. The maximum atomic E-state index is 14.0. The second kappa shape index (κ2) is 11.2. The number of likely N-dealkylation sites (tertiary alicyclic amines) is 1. The monoisotopic (exact) mass is 466 g/mol. The average molecular weight is 467 g/mol. The van der Waals surface area contributed by atoms with Crippen molar-refractivity contribution in [2.45, 2.75) is 82.3 Å². The molecule has 1 unspecified atom stereocenters. The van der Waals surface area contributed by atoms with Gasteiger partial charge in [0.05, 0.1) is 18.1 Å². The van der Waals surface area contributed by atoms with Gasteiger partial charge < -0.3 is 20.1 Å². The normalized spacial score (nSPS) is 19.5. The van der Waals surface area contributed by atoms with Crippen molar-refractivity contribution in [3.8, 4) is 0 Å². The molecule has 2 aromatic rings. The van der Waals surface area contributed by atoms with Crippen LogP contribution in [0.4, 0.5) is 4.79 Å². The lowest BCUT2D eigenvalue weighted by Crippen LogP contribution is -2.52. The summed E-state index contributed by atoms with van der Waals surface area (Å²) in [6, 6.07) is 14.2. The second-order valence-electron chi connectivity index (χ2n) is 9.90. The lowest BCUT2D eigenvalue weighted by Gasteiger charge is -2.42. The van der Waals surface area contributed by atoms with Crippen LogP contribution in [-0.2, 0) is 9.53 Å². The Balaban J connectivity index is 1.50. The summed E-state index contributed by atoms with van der Waals surface area (Å²) in [4.78, 5) is 27.9. The number of aliphatic hydroxyl groups is 1. The fourth-order valence-corrected chi connectivity index (χ4v) is 5.55. The van der Waals surface area contributed by atoms with E-state index in [2.05, 4.69) is 30.4 Å². The van der Waals surface area contributed by atoms with Crippen molar-refractivity contribution in [2.75, 3.05) is 19.7 Å². The third-order valence-corrected chi connectivity index (χ3v) is 7.50. The summed E-state index contributed by atoms with van der Waals surface area (Å²) in [6.07, 6.45) is 7.13. The highest BCUT2D eigenvalue weighted by Crippen LogP contribution is 2.43. The number of piperidine rings is 1. The highest BCUT2D eigenvalue weighted by molar-refractivity contribution is 5.94. The van der Waals surface area contributed by atoms with Gasteiger partial charge in [-0.1, -0.05) is 75.1 Å². The first-order chi connectivity index (χ1) is 16.5. The topological polar surface area (TPSA) is 78.9 Å². The molecule has 0 spiro atoms. The van der Waals surface area contributed by atoms with E-state index in [0.717, 1.165) is 48.4 Å². The number of benzene rings is 2. The number of carbonyl (C=O) groups is 2. The van der Waals surface area contributed by atoms with E-state index < -0.39 is 11.5 Å². The number of rotatable bonds is 7. The molecule has 34 heavy (non-hydrogen) atoms. The lowest BCUT2D eigenvalue weighted by molar-refractivity contribution is -0.142. The number of ether oxygens (including phenoxy) is 1. The van der Waals surface area contributed by atoms with E-state index in [0.29, 0.717) is 45.4 Å².